The van der Waals surface area contributed by atoms with E-state index in [0.717, 1.165) is 11.3 Å². The van der Waals surface area contributed by atoms with Crippen LogP contribution in [0.3, 0.4) is 0 Å². The van der Waals surface area contributed by atoms with Crippen molar-refractivity contribution in [2.75, 3.05) is 7.11 Å². The molecule has 0 fully saturated rings. The third kappa shape index (κ3) is 2.96. The molecule has 3 rings (SSSR count). The van der Waals surface area contributed by atoms with Gasteiger partial charge in [-0.15, -0.1) is 5.10 Å². The van der Waals surface area contributed by atoms with Crippen LogP contribution in [0.1, 0.15) is 21.7 Å². The zero-order valence-corrected chi connectivity index (χ0v) is 12.4. The van der Waals surface area contributed by atoms with E-state index in [0.29, 0.717) is 18.4 Å². The molecule has 5 nitrogen and oxygen atoms in total. The summed E-state index contributed by atoms with van der Waals surface area (Å²) in [5.41, 5.74) is 1.93. The molecule has 2 aromatic carbocycles. The largest absolute Gasteiger partial charge is 0.497 e. The maximum atomic E-state index is 14.0. The maximum absolute atomic E-state index is 14.0. The van der Waals surface area contributed by atoms with Gasteiger partial charge in [0, 0.05) is 6.42 Å². The Morgan fingerprint density at radius 1 is 1.17 bits per heavy atom. The van der Waals surface area contributed by atoms with Crippen LogP contribution >= 0.6 is 0 Å². The highest BCUT2D eigenvalue weighted by Gasteiger charge is 2.16. The van der Waals surface area contributed by atoms with Gasteiger partial charge in [-0.2, -0.15) is 0 Å². The fourth-order valence-corrected chi connectivity index (χ4v) is 2.32. The number of aldehydes is 1. The van der Waals surface area contributed by atoms with E-state index in [1.165, 1.54) is 10.7 Å². The lowest BCUT2D eigenvalue weighted by Crippen LogP contribution is -2.06. The first-order valence-electron chi connectivity index (χ1n) is 7.00. The van der Waals surface area contributed by atoms with E-state index in [1.54, 1.807) is 25.3 Å². The normalized spacial score (nSPS) is 10.5. The third-order valence-corrected chi connectivity index (χ3v) is 3.52. The highest BCUT2D eigenvalue weighted by atomic mass is 19.1. The smallest absolute Gasteiger partial charge is 0.172 e. The van der Waals surface area contributed by atoms with Crippen LogP contribution in [0, 0.1) is 5.82 Å². The molecule has 3 aromatic rings. The lowest BCUT2D eigenvalue weighted by Gasteiger charge is -2.08. The fourth-order valence-electron chi connectivity index (χ4n) is 2.32. The van der Waals surface area contributed by atoms with E-state index in [2.05, 4.69) is 10.3 Å². The van der Waals surface area contributed by atoms with Gasteiger partial charge in [-0.25, -0.2) is 9.07 Å². The second-order valence-corrected chi connectivity index (χ2v) is 4.93. The first kappa shape index (κ1) is 14.9. The molecule has 0 unspecified atom stereocenters. The second-order valence-electron chi connectivity index (χ2n) is 4.93. The van der Waals surface area contributed by atoms with Gasteiger partial charge < -0.3 is 4.74 Å². The van der Waals surface area contributed by atoms with Crippen LogP contribution in [0.2, 0.25) is 0 Å². The van der Waals surface area contributed by atoms with Crippen molar-refractivity contribution >= 4 is 6.29 Å². The number of hydrogen-bond donors (Lipinski definition) is 0. The monoisotopic (exact) mass is 311 g/mol. The Hall–Kier alpha value is -3.02. The molecule has 1 heterocycles. The van der Waals surface area contributed by atoms with Gasteiger partial charge in [-0.1, -0.05) is 29.5 Å². The quantitative estimate of drug-likeness (QED) is 0.680. The van der Waals surface area contributed by atoms with Crippen molar-refractivity contribution in [3.05, 3.63) is 71.3 Å². The molecule has 0 spiro atoms. The van der Waals surface area contributed by atoms with E-state index in [4.69, 9.17) is 4.74 Å². The molecule has 0 aliphatic carbocycles. The molecule has 0 aliphatic heterocycles. The predicted molar refractivity (Wildman–Crippen MR) is 82.5 cm³/mol. The number of ether oxygens (including phenoxy) is 1. The van der Waals surface area contributed by atoms with Crippen molar-refractivity contribution < 1.29 is 13.9 Å². The van der Waals surface area contributed by atoms with Crippen LogP contribution in [0.25, 0.3) is 5.69 Å². The molecule has 0 saturated carbocycles. The number of benzene rings is 2. The number of carbonyl (C=O) groups is 1. The van der Waals surface area contributed by atoms with E-state index in [-0.39, 0.29) is 11.4 Å². The van der Waals surface area contributed by atoms with E-state index >= 15 is 0 Å². The number of carbonyl (C=O) groups excluding carboxylic acids is 1. The molecular weight excluding hydrogens is 297 g/mol. The van der Waals surface area contributed by atoms with Crippen molar-refractivity contribution in [1.82, 2.24) is 15.0 Å². The molecule has 0 saturated heterocycles. The molecule has 23 heavy (non-hydrogen) atoms. The van der Waals surface area contributed by atoms with Crippen LogP contribution < -0.4 is 4.74 Å². The molecule has 0 bridgehead atoms. The van der Waals surface area contributed by atoms with Crippen LogP contribution in [0.15, 0.2) is 48.5 Å². The highest BCUT2D eigenvalue weighted by Crippen LogP contribution is 2.20. The molecule has 0 N–H and O–H groups in total. The summed E-state index contributed by atoms with van der Waals surface area (Å²) in [4.78, 5) is 11.2. The topological polar surface area (TPSA) is 57.0 Å². The summed E-state index contributed by atoms with van der Waals surface area (Å²) < 4.78 is 20.5. The van der Waals surface area contributed by atoms with Gasteiger partial charge in [-0.05, 0) is 29.8 Å². The van der Waals surface area contributed by atoms with Gasteiger partial charge >= 0.3 is 0 Å². The van der Waals surface area contributed by atoms with Crippen molar-refractivity contribution in [1.29, 1.82) is 0 Å². The molecule has 0 amide bonds. The van der Waals surface area contributed by atoms with Crippen molar-refractivity contribution in [2.24, 2.45) is 0 Å². The maximum Gasteiger partial charge on any atom is 0.172 e. The molecule has 6 heteroatoms. The van der Waals surface area contributed by atoms with Gasteiger partial charge in [-0.3, -0.25) is 4.79 Å². The van der Waals surface area contributed by atoms with Crippen molar-refractivity contribution in [2.45, 2.75) is 6.42 Å². The zero-order chi connectivity index (χ0) is 16.2. The van der Waals surface area contributed by atoms with Crippen LogP contribution in [-0.4, -0.2) is 28.4 Å². The third-order valence-electron chi connectivity index (χ3n) is 3.52. The van der Waals surface area contributed by atoms with Crippen LogP contribution in [-0.2, 0) is 6.42 Å². The Morgan fingerprint density at radius 2 is 1.91 bits per heavy atom. The molecule has 0 radical (unpaired) electrons. The van der Waals surface area contributed by atoms with E-state index in [1.807, 2.05) is 24.3 Å². The van der Waals surface area contributed by atoms with E-state index < -0.39 is 5.82 Å². The number of nitrogens with zero attached hydrogens (tertiary/aromatic N) is 3. The van der Waals surface area contributed by atoms with Crippen molar-refractivity contribution in [3.63, 3.8) is 0 Å². The first-order chi connectivity index (χ1) is 11.2. The van der Waals surface area contributed by atoms with Gasteiger partial charge in [0.25, 0.3) is 0 Å². The second kappa shape index (κ2) is 6.39. The van der Waals surface area contributed by atoms with Crippen LogP contribution in [0.5, 0.6) is 5.75 Å². The minimum Gasteiger partial charge on any atom is -0.497 e. The summed E-state index contributed by atoms with van der Waals surface area (Å²) in [6.45, 7) is 0. The van der Waals surface area contributed by atoms with Gasteiger partial charge in [0.2, 0.25) is 0 Å². The Kier molecular flexibility index (Phi) is 4.14. The lowest BCUT2D eigenvalue weighted by atomic mass is 10.1. The molecule has 1 aromatic heterocycles. The minimum atomic E-state index is -0.425. The predicted octanol–water partition coefficient (Wildman–Crippen LogP) is 2.82. The lowest BCUT2D eigenvalue weighted by molar-refractivity contribution is 0.111. The number of para-hydroxylation sites is 1. The standard InChI is InChI=1S/C17H14FN3O2/c1-23-13-8-6-12(7-9-13)10-17-15(11-22)19-20-21(17)16-5-3-2-4-14(16)18/h2-9,11H,10H2,1H3. The SMILES string of the molecule is COc1ccc(Cc2c(C=O)nnn2-c2ccccc2F)cc1. The first-order valence-corrected chi connectivity index (χ1v) is 7.00. The molecule has 0 atom stereocenters. The number of aromatic nitrogens is 3. The average molecular weight is 311 g/mol. The summed E-state index contributed by atoms with van der Waals surface area (Å²) in [6, 6.07) is 13.7. The average Bonchev–Trinajstić information content (AvgIpc) is 2.98. The fraction of sp³-hybridized carbons (Fsp3) is 0.118. The Bertz CT molecular complexity index is 828. The summed E-state index contributed by atoms with van der Waals surface area (Å²) in [5.74, 6) is 0.316. The summed E-state index contributed by atoms with van der Waals surface area (Å²) in [5, 5.41) is 7.75. The Balaban J connectivity index is 2.02. The number of rotatable bonds is 5. The summed E-state index contributed by atoms with van der Waals surface area (Å²) in [7, 11) is 1.59. The zero-order valence-electron chi connectivity index (χ0n) is 12.4. The van der Waals surface area contributed by atoms with Crippen LogP contribution in [0.4, 0.5) is 4.39 Å². The molecule has 116 valence electrons. The molecular formula is C17H14FN3O2. The number of hydrogen-bond acceptors (Lipinski definition) is 4. The molecule has 0 aliphatic rings. The van der Waals surface area contributed by atoms with Gasteiger partial charge in [0.15, 0.2) is 6.29 Å². The Labute approximate surface area is 132 Å². The van der Waals surface area contributed by atoms with Crippen molar-refractivity contribution in [3.8, 4) is 11.4 Å². The van der Waals surface area contributed by atoms with Gasteiger partial charge in [0.05, 0.1) is 12.8 Å². The number of methoxy groups -OCH3 is 1. The Morgan fingerprint density at radius 3 is 2.57 bits per heavy atom. The summed E-state index contributed by atoms with van der Waals surface area (Å²) >= 11 is 0. The minimum absolute atomic E-state index is 0.198. The number of halogens is 1. The summed E-state index contributed by atoms with van der Waals surface area (Å²) in [6.07, 6.45) is 1.03. The van der Waals surface area contributed by atoms with Gasteiger partial charge in [0.1, 0.15) is 22.9 Å². The highest BCUT2D eigenvalue weighted by molar-refractivity contribution is 5.73. The van der Waals surface area contributed by atoms with E-state index in [9.17, 15) is 9.18 Å².